The van der Waals surface area contributed by atoms with Crippen LogP contribution in [0.25, 0.3) is 0 Å². The fourth-order valence-corrected chi connectivity index (χ4v) is 2.84. The van der Waals surface area contributed by atoms with Crippen molar-refractivity contribution in [1.29, 1.82) is 0 Å². The Balaban J connectivity index is 2.76. The van der Waals surface area contributed by atoms with Crippen molar-refractivity contribution in [3.8, 4) is 0 Å². The highest BCUT2D eigenvalue weighted by molar-refractivity contribution is 7.89. The molecule has 0 atom stereocenters. The van der Waals surface area contributed by atoms with Gasteiger partial charge in [-0.3, -0.25) is 0 Å². The molecule has 17 heavy (non-hydrogen) atoms. The third-order valence-electron chi connectivity index (χ3n) is 2.35. The van der Waals surface area contributed by atoms with E-state index in [1.54, 1.807) is 19.1 Å². The molecule has 0 aliphatic carbocycles. The number of benzene rings is 1. The summed E-state index contributed by atoms with van der Waals surface area (Å²) < 4.78 is 26.4. The van der Waals surface area contributed by atoms with Gasteiger partial charge >= 0.3 is 0 Å². The number of nitrogens with two attached hydrogens (primary N) is 1. The maximum absolute atomic E-state index is 11.9. The van der Waals surface area contributed by atoms with E-state index in [2.05, 4.69) is 9.56 Å². The standard InChI is InChI=1S/C11H18N2O3S/c1-9-4-5-11(10(2)8-9)17(14,15)13-6-3-7-16-12/h4-5,8,13H,3,6-7,12H2,1-2H3. The highest BCUT2D eigenvalue weighted by Gasteiger charge is 2.15. The van der Waals surface area contributed by atoms with Crippen molar-refractivity contribution in [2.45, 2.75) is 25.2 Å². The Labute approximate surface area is 102 Å². The van der Waals surface area contributed by atoms with Gasteiger partial charge in [-0.15, -0.1) is 0 Å². The zero-order chi connectivity index (χ0) is 12.9. The molecule has 1 rings (SSSR count). The van der Waals surface area contributed by atoms with Gasteiger partial charge in [0.05, 0.1) is 11.5 Å². The highest BCUT2D eigenvalue weighted by Crippen LogP contribution is 2.15. The predicted molar refractivity (Wildman–Crippen MR) is 65.9 cm³/mol. The molecule has 0 bridgehead atoms. The van der Waals surface area contributed by atoms with Crippen LogP contribution >= 0.6 is 0 Å². The van der Waals surface area contributed by atoms with Crippen LogP contribution < -0.4 is 10.6 Å². The average Bonchev–Trinajstić information content (AvgIpc) is 2.24. The molecule has 3 N–H and O–H groups in total. The summed E-state index contributed by atoms with van der Waals surface area (Å²) in [4.78, 5) is 4.68. The molecule has 0 aliphatic rings. The van der Waals surface area contributed by atoms with Crippen molar-refractivity contribution in [1.82, 2.24) is 4.72 Å². The predicted octanol–water partition coefficient (Wildman–Crippen LogP) is 0.862. The van der Waals surface area contributed by atoms with E-state index >= 15 is 0 Å². The second-order valence-electron chi connectivity index (χ2n) is 3.89. The van der Waals surface area contributed by atoms with Crippen molar-refractivity contribution in [3.05, 3.63) is 29.3 Å². The normalized spacial score (nSPS) is 11.7. The largest absolute Gasteiger partial charge is 0.305 e. The lowest BCUT2D eigenvalue weighted by Gasteiger charge is -2.09. The summed E-state index contributed by atoms with van der Waals surface area (Å²) in [7, 11) is -3.43. The van der Waals surface area contributed by atoms with Gasteiger partial charge in [-0.25, -0.2) is 19.0 Å². The van der Waals surface area contributed by atoms with Gasteiger partial charge in [0.2, 0.25) is 10.0 Å². The van der Waals surface area contributed by atoms with Crippen molar-refractivity contribution >= 4 is 10.0 Å². The molecular weight excluding hydrogens is 240 g/mol. The Morgan fingerprint density at radius 3 is 2.65 bits per heavy atom. The van der Waals surface area contributed by atoms with Crippen LogP contribution in [-0.2, 0) is 14.9 Å². The Morgan fingerprint density at radius 1 is 1.35 bits per heavy atom. The minimum absolute atomic E-state index is 0.312. The number of hydrogen-bond acceptors (Lipinski definition) is 4. The topological polar surface area (TPSA) is 81.4 Å². The molecule has 5 nitrogen and oxygen atoms in total. The van der Waals surface area contributed by atoms with Crippen LogP contribution in [0, 0.1) is 13.8 Å². The molecule has 1 aromatic carbocycles. The van der Waals surface area contributed by atoms with Gasteiger partial charge < -0.3 is 4.84 Å². The van der Waals surface area contributed by atoms with Crippen LogP contribution in [0.2, 0.25) is 0 Å². The monoisotopic (exact) mass is 258 g/mol. The molecule has 0 amide bonds. The summed E-state index contributed by atoms with van der Waals surface area (Å²) in [6, 6.07) is 5.24. The molecule has 0 spiro atoms. The summed E-state index contributed by atoms with van der Waals surface area (Å²) >= 11 is 0. The van der Waals surface area contributed by atoms with E-state index in [0.29, 0.717) is 24.5 Å². The molecule has 6 heteroatoms. The molecule has 96 valence electrons. The summed E-state index contributed by atoms with van der Waals surface area (Å²) in [5.41, 5.74) is 1.78. The van der Waals surface area contributed by atoms with Crippen LogP contribution in [0.3, 0.4) is 0 Å². The minimum atomic E-state index is -3.43. The highest BCUT2D eigenvalue weighted by atomic mass is 32.2. The average molecular weight is 258 g/mol. The third kappa shape index (κ3) is 4.08. The van der Waals surface area contributed by atoms with Crippen LogP contribution in [0.1, 0.15) is 17.5 Å². The molecule has 1 aromatic rings. The summed E-state index contributed by atoms with van der Waals surface area (Å²) in [6.45, 7) is 4.35. The molecule has 0 heterocycles. The maximum atomic E-state index is 11.9. The molecule has 0 saturated carbocycles. The number of nitrogens with one attached hydrogen (secondary N) is 1. The van der Waals surface area contributed by atoms with Crippen LogP contribution in [0.15, 0.2) is 23.1 Å². The van der Waals surface area contributed by atoms with E-state index in [1.165, 1.54) is 0 Å². The Morgan fingerprint density at radius 2 is 2.06 bits per heavy atom. The van der Waals surface area contributed by atoms with Crippen molar-refractivity contribution in [2.75, 3.05) is 13.2 Å². The first-order valence-electron chi connectivity index (χ1n) is 5.36. The fourth-order valence-electron chi connectivity index (χ4n) is 1.54. The quantitative estimate of drug-likeness (QED) is 0.586. The second-order valence-corrected chi connectivity index (χ2v) is 5.63. The third-order valence-corrected chi connectivity index (χ3v) is 3.97. The lowest BCUT2D eigenvalue weighted by molar-refractivity contribution is 0.136. The maximum Gasteiger partial charge on any atom is 0.240 e. The Hall–Kier alpha value is -0.950. The molecule has 0 aromatic heterocycles. The van der Waals surface area contributed by atoms with Gasteiger partial charge in [0.25, 0.3) is 0 Å². The van der Waals surface area contributed by atoms with Gasteiger partial charge in [0, 0.05) is 6.54 Å². The number of hydrogen-bond donors (Lipinski definition) is 2. The minimum Gasteiger partial charge on any atom is -0.305 e. The van der Waals surface area contributed by atoms with Gasteiger partial charge in [-0.05, 0) is 31.9 Å². The van der Waals surface area contributed by atoms with Crippen LogP contribution in [-0.4, -0.2) is 21.6 Å². The lowest BCUT2D eigenvalue weighted by Crippen LogP contribution is -2.26. The Kier molecular flexibility index (Phi) is 5.07. The first kappa shape index (κ1) is 14.1. The molecule has 0 radical (unpaired) electrons. The lowest BCUT2D eigenvalue weighted by atomic mass is 10.2. The van der Waals surface area contributed by atoms with E-state index in [-0.39, 0.29) is 0 Å². The molecule has 0 aliphatic heterocycles. The van der Waals surface area contributed by atoms with Crippen molar-refractivity contribution in [2.24, 2.45) is 5.90 Å². The first-order chi connectivity index (χ1) is 7.97. The van der Waals surface area contributed by atoms with E-state index in [1.807, 2.05) is 13.0 Å². The van der Waals surface area contributed by atoms with Gasteiger partial charge in [0.1, 0.15) is 0 Å². The zero-order valence-corrected chi connectivity index (χ0v) is 10.9. The number of aryl methyl sites for hydroxylation is 2. The van der Waals surface area contributed by atoms with E-state index in [4.69, 9.17) is 5.90 Å². The van der Waals surface area contributed by atoms with E-state index in [0.717, 1.165) is 11.1 Å². The summed E-state index contributed by atoms with van der Waals surface area (Å²) in [5, 5.41) is 0. The van der Waals surface area contributed by atoms with Crippen molar-refractivity contribution < 1.29 is 13.3 Å². The molecule has 0 unspecified atom stereocenters. The molecular formula is C11H18N2O3S. The number of rotatable bonds is 6. The van der Waals surface area contributed by atoms with E-state index in [9.17, 15) is 8.42 Å². The second kappa shape index (κ2) is 6.11. The molecule has 0 fully saturated rings. The fraction of sp³-hybridized carbons (Fsp3) is 0.455. The first-order valence-corrected chi connectivity index (χ1v) is 6.84. The van der Waals surface area contributed by atoms with Crippen LogP contribution in [0.5, 0.6) is 0 Å². The van der Waals surface area contributed by atoms with Crippen LogP contribution in [0.4, 0.5) is 0 Å². The van der Waals surface area contributed by atoms with Gasteiger partial charge in [-0.2, -0.15) is 0 Å². The summed E-state index contributed by atoms with van der Waals surface area (Å²) in [5.74, 6) is 4.85. The summed E-state index contributed by atoms with van der Waals surface area (Å²) in [6.07, 6.45) is 0.542. The number of sulfonamides is 1. The van der Waals surface area contributed by atoms with E-state index < -0.39 is 10.0 Å². The SMILES string of the molecule is Cc1ccc(S(=O)(=O)NCCCON)c(C)c1. The molecule has 0 saturated heterocycles. The smallest absolute Gasteiger partial charge is 0.240 e. The van der Waals surface area contributed by atoms with Gasteiger partial charge in [-0.1, -0.05) is 17.7 Å². The Bertz CT molecular complexity index is 472. The van der Waals surface area contributed by atoms with Gasteiger partial charge in [0.15, 0.2) is 0 Å². The van der Waals surface area contributed by atoms with Crippen molar-refractivity contribution in [3.63, 3.8) is 0 Å². The zero-order valence-electron chi connectivity index (χ0n) is 10.1.